The molecule has 1 aromatic heterocycles. The van der Waals surface area contributed by atoms with Gasteiger partial charge in [0.15, 0.2) is 0 Å². The highest BCUT2D eigenvalue weighted by atomic mass is 79.9. The fourth-order valence-electron chi connectivity index (χ4n) is 1.96. The summed E-state index contributed by atoms with van der Waals surface area (Å²) < 4.78 is 1.29. The number of thiophene rings is 1. The molecule has 18 heavy (non-hydrogen) atoms. The third-order valence-electron chi connectivity index (χ3n) is 3.36. The van der Waals surface area contributed by atoms with Gasteiger partial charge in [-0.25, -0.2) is 0 Å². The Balaban J connectivity index is 2.31. The van der Waals surface area contributed by atoms with Crippen LogP contribution in [-0.2, 0) is 6.42 Å². The molecule has 0 aliphatic heterocycles. The SMILES string of the molecule is CCCNCCC(C)(C)CCc1cc(C)c(Br)s1. The Morgan fingerprint density at radius 3 is 2.56 bits per heavy atom. The van der Waals surface area contributed by atoms with Gasteiger partial charge >= 0.3 is 0 Å². The van der Waals surface area contributed by atoms with Gasteiger partial charge in [0.2, 0.25) is 0 Å². The Labute approximate surface area is 125 Å². The zero-order valence-electron chi connectivity index (χ0n) is 12.1. The number of rotatable bonds is 8. The van der Waals surface area contributed by atoms with Gasteiger partial charge < -0.3 is 5.32 Å². The van der Waals surface area contributed by atoms with E-state index in [1.54, 1.807) is 0 Å². The molecule has 0 fully saturated rings. The first-order valence-corrected chi connectivity index (χ1v) is 8.51. The second-order valence-corrected chi connectivity index (χ2v) is 8.29. The molecule has 1 heterocycles. The van der Waals surface area contributed by atoms with Crippen LogP contribution in [0.25, 0.3) is 0 Å². The van der Waals surface area contributed by atoms with E-state index in [4.69, 9.17) is 0 Å². The Morgan fingerprint density at radius 2 is 2.00 bits per heavy atom. The molecule has 0 saturated carbocycles. The smallest absolute Gasteiger partial charge is 0.0730 e. The van der Waals surface area contributed by atoms with Gasteiger partial charge in [0.05, 0.1) is 3.79 Å². The lowest BCUT2D eigenvalue weighted by molar-refractivity contribution is 0.303. The fourth-order valence-corrected chi connectivity index (χ4v) is 3.59. The maximum atomic E-state index is 3.60. The van der Waals surface area contributed by atoms with Crippen LogP contribution in [0, 0.1) is 12.3 Å². The minimum atomic E-state index is 0.436. The topological polar surface area (TPSA) is 12.0 Å². The van der Waals surface area contributed by atoms with Gasteiger partial charge in [0.25, 0.3) is 0 Å². The summed E-state index contributed by atoms with van der Waals surface area (Å²) in [5.41, 5.74) is 1.81. The first kappa shape index (κ1) is 16.2. The predicted molar refractivity (Wildman–Crippen MR) is 86.6 cm³/mol. The van der Waals surface area contributed by atoms with Crippen molar-refractivity contribution in [3.63, 3.8) is 0 Å². The third-order valence-corrected chi connectivity index (χ3v) is 5.56. The van der Waals surface area contributed by atoms with E-state index in [0.29, 0.717) is 5.41 Å². The van der Waals surface area contributed by atoms with Crippen LogP contribution in [-0.4, -0.2) is 13.1 Å². The van der Waals surface area contributed by atoms with Crippen LogP contribution >= 0.6 is 27.3 Å². The average Bonchev–Trinajstić information content (AvgIpc) is 2.62. The van der Waals surface area contributed by atoms with E-state index < -0.39 is 0 Å². The molecule has 0 spiro atoms. The minimum absolute atomic E-state index is 0.436. The van der Waals surface area contributed by atoms with Crippen molar-refractivity contribution in [2.24, 2.45) is 5.41 Å². The second-order valence-electron chi connectivity index (χ2n) is 5.83. The molecular formula is C15H26BrNS. The van der Waals surface area contributed by atoms with Crippen molar-refractivity contribution in [2.75, 3.05) is 13.1 Å². The summed E-state index contributed by atoms with van der Waals surface area (Å²) in [6.07, 6.45) is 4.96. The van der Waals surface area contributed by atoms with Crippen LogP contribution in [0.3, 0.4) is 0 Å². The minimum Gasteiger partial charge on any atom is -0.317 e. The molecule has 0 aliphatic carbocycles. The summed E-state index contributed by atoms with van der Waals surface area (Å²) in [5, 5.41) is 3.50. The van der Waals surface area contributed by atoms with Gasteiger partial charge in [-0.15, -0.1) is 11.3 Å². The van der Waals surface area contributed by atoms with Crippen LogP contribution in [0.5, 0.6) is 0 Å². The summed E-state index contributed by atoms with van der Waals surface area (Å²) in [4.78, 5) is 1.51. The largest absolute Gasteiger partial charge is 0.317 e. The standard InChI is InChI=1S/C15H26BrNS/c1-5-9-17-10-8-15(3,4)7-6-13-11-12(2)14(16)18-13/h11,17H,5-10H2,1-4H3. The lowest BCUT2D eigenvalue weighted by Crippen LogP contribution is -2.23. The molecule has 0 amide bonds. The van der Waals surface area contributed by atoms with Crippen LogP contribution in [0.2, 0.25) is 0 Å². The monoisotopic (exact) mass is 331 g/mol. The first-order chi connectivity index (χ1) is 8.44. The summed E-state index contributed by atoms with van der Waals surface area (Å²) in [5.74, 6) is 0. The van der Waals surface area contributed by atoms with Crippen LogP contribution in [0.1, 0.15) is 50.5 Å². The zero-order valence-corrected chi connectivity index (χ0v) is 14.5. The van der Waals surface area contributed by atoms with Crippen LogP contribution < -0.4 is 5.32 Å². The van der Waals surface area contributed by atoms with Crippen molar-refractivity contribution in [1.29, 1.82) is 0 Å². The highest BCUT2D eigenvalue weighted by Gasteiger charge is 2.17. The molecule has 0 bridgehead atoms. The molecule has 1 rings (SSSR count). The van der Waals surface area contributed by atoms with Crippen LogP contribution in [0.4, 0.5) is 0 Å². The van der Waals surface area contributed by atoms with Gasteiger partial charge in [-0.05, 0) is 78.7 Å². The summed E-state index contributed by atoms with van der Waals surface area (Å²) in [7, 11) is 0. The van der Waals surface area contributed by atoms with Crippen molar-refractivity contribution >= 4 is 27.3 Å². The highest BCUT2D eigenvalue weighted by Crippen LogP contribution is 2.32. The quantitative estimate of drug-likeness (QED) is 0.648. The van der Waals surface area contributed by atoms with E-state index in [0.717, 1.165) is 13.1 Å². The lowest BCUT2D eigenvalue weighted by atomic mass is 9.84. The Bertz CT molecular complexity index is 338. The van der Waals surface area contributed by atoms with Gasteiger partial charge in [-0.2, -0.15) is 0 Å². The molecule has 0 radical (unpaired) electrons. The highest BCUT2D eigenvalue weighted by molar-refractivity contribution is 9.11. The van der Waals surface area contributed by atoms with Gasteiger partial charge in [-0.3, -0.25) is 0 Å². The van der Waals surface area contributed by atoms with E-state index in [-0.39, 0.29) is 0 Å². The molecule has 0 atom stereocenters. The van der Waals surface area contributed by atoms with E-state index in [1.807, 2.05) is 11.3 Å². The number of hydrogen-bond acceptors (Lipinski definition) is 2. The average molecular weight is 332 g/mol. The van der Waals surface area contributed by atoms with Crippen molar-refractivity contribution in [1.82, 2.24) is 5.32 Å². The number of hydrogen-bond donors (Lipinski definition) is 1. The summed E-state index contributed by atoms with van der Waals surface area (Å²) in [6, 6.07) is 2.32. The van der Waals surface area contributed by atoms with E-state index in [9.17, 15) is 0 Å². The van der Waals surface area contributed by atoms with E-state index >= 15 is 0 Å². The number of halogens is 1. The fraction of sp³-hybridized carbons (Fsp3) is 0.733. The number of nitrogens with one attached hydrogen (secondary N) is 1. The maximum Gasteiger partial charge on any atom is 0.0730 e. The van der Waals surface area contributed by atoms with Crippen LogP contribution in [0.15, 0.2) is 9.85 Å². The van der Waals surface area contributed by atoms with E-state index in [1.165, 1.54) is 39.9 Å². The van der Waals surface area contributed by atoms with Gasteiger partial charge in [0, 0.05) is 4.88 Å². The molecule has 0 aliphatic rings. The molecule has 1 aromatic rings. The van der Waals surface area contributed by atoms with E-state index in [2.05, 4.69) is 55.0 Å². The van der Waals surface area contributed by atoms with Gasteiger partial charge in [-0.1, -0.05) is 20.8 Å². The molecule has 1 N–H and O–H groups in total. The molecule has 1 nitrogen and oxygen atoms in total. The van der Waals surface area contributed by atoms with Crippen molar-refractivity contribution in [3.05, 3.63) is 20.3 Å². The first-order valence-electron chi connectivity index (χ1n) is 6.90. The van der Waals surface area contributed by atoms with Crippen molar-refractivity contribution < 1.29 is 0 Å². The molecule has 0 unspecified atom stereocenters. The third kappa shape index (κ3) is 5.85. The maximum absolute atomic E-state index is 3.60. The second kappa shape index (κ2) is 7.66. The normalized spacial score (nSPS) is 12.1. The summed E-state index contributed by atoms with van der Waals surface area (Å²) >= 11 is 5.49. The Kier molecular flexibility index (Phi) is 6.89. The Hall–Kier alpha value is 0.140. The zero-order chi connectivity index (χ0) is 13.6. The van der Waals surface area contributed by atoms with Crippen molar-refractivity contribution in [3.8, 4) is 0 Å². The van der Waals surface area contributed by atoms with Crippen molar-refractivity contribution in [2.45, 2.75) is 53.4 Å². The molecule has 3 heteroatoms. The van der Waals surface area contributed by atoms with Gasteiger partial charge in [0.1, 0.15) is 0 Å². The lowest BCUT2D eigenvalue weighted by Gasteiger charge is -2.24. The molecule has 104 valence electrons. The molecular weight excluding hydrogens is 306 g/mol. The molecule has 0 saturated heterocycles. The Morgan fingerprint density at radius 1 is 1.28 bits per heavy atom. The summed E-state index contributed by atoms with van der Waals surface area (Å²) in [6.45, 7) is 11.5. The number of aryl methyl sites for hydroxylation is 2. The predicted octanol–water partition coefficient (Wildman–Crippen LogP) is 5.17. The molecule has 0 aromatic carbocycles.